The van der Waals surface area contributed by atoms with Crippen molar-refractivity contribution in [3.05, 3.63) is 22.7 Å². The maximum Gasteiger partial charge on any atom is 0.216 e. The quantitative estimate of drug-likeness (QED) is 0.816. The molecule has 1 fully saturated rings. The minimum absolute atomic E-state index is 0.0315. The van der Waals surface area contributed by atoms with E-state index in [-0.39, 0.29) is 5.91 Å². The Hall–Kier alpha value is -1.46. The van der Waals surface area contributed by atoms with Crippen LogP contribution in [0.4, 0.5) is 0 Å². The number of carbonyl (C=O) groups excluding carboxylic acids is 1. The van der Waals surface area contributed by atoms with Crippen molar-refractivity contribution in [3.8, 4) is 11.5 Å². The number of nitrogens with zero attached hydrogens (tertiary/aromatic N) is 1. The van der Waals surface area contributed by atoms with E-state index in [2.05, 4.69) is 10.2 Å². The molecule has 1 amide bonds. The topological polar surface area (TPSA) is 50.8 Å². The molecular weight excluding hydrogens is 328 g/mol. The smallest absolute Gasteiger partial charge is 0.216 e. The van der Waals surface area contributed by atoms with Gasteiger partial charge < -0.3 is 14.8 Å². The van der Waals surface area contributed by atoms with E-state index in [1.54, 1.807) is 21.1 Å². The number of methoxy groups -OCH3 is 2. The molecule has 0 radical (unpaired) electrons. The fraction of sp³-hybridized carbons (Fsp3) is 0.611. The second-order valence-electron chi connectivity index (χ2n) is 6.20. The molecule has 1 saturated heterocycles. The molecule has 0 aliphatic carbocycles. The lowest BCUT2D eigenvalue weighted by molar-refractivity contribution is -0.119. The lowest BCUT2D eigenvalue weighted by Gasteiger charge is -2.36. The number of rotatable bonds is 7. The van der Waals surface area contributed by atoms with Gasteiger partial charge in [-0.1, -0.05) is 18.0 Å². The van der Waals surface area contributed by atoms with Crippen molar-refractivity contribution in [2.24, 2.45) is 0 Å². The summed E-state index contributed by atoms with van der Waals surface area (Å²) >= 11 is 6.31. The molecule has 1 atom stereocenters. The van der Waals surface area contributed by atoms with Crippen LogP contribution >= 0.6 is 11.6 Å². The van der Waals surface area contributed by atoms with Crippen molar-refractivity contribution in [2.45, 2.75) is 45.2 Å². The number of carbonyl (C=O) groups is 1. The van der Waals surface area contributed by atoms with Crippen LogP contribution in [0.15, 0.2) is 12.1 Å². The van der Waals surface area contributed by atoms with E-state index in [4.69, 9.17) is 21.1 Å². The largest absolute Gasteiger partial charge is 0.493 e. The normalized spacial score (nSPS) is 18.2. The van der Waals surface area contributed by atoms with E-state index >= 15 is 0 Å². The van der Waals surface area contributed by atoms with Crippen LogP contribution in [0, 0.1) is 0 Å². The van der Waals surface area contributed by atoms with E-state index in [1.807, 2.05) is 12.1 Å². The summed E-state index contributed by atoms with van der Waals surface area (Å²) < 4.78 is 10.7. The second kappa shape index (κ2) is 9.14. The van der Waals surface area contributed by atoms with Crippen LogP contribution in [-0.2, 0) is 11.3 Å². The molecule has 0 saturated carbocycles. The zero-order chi connectivity index (χ0) is 17.5. The van der Waals surface area contributed by atoms with Gasteiger partial charge in [0.15, 0.2) is 11.5 Å². The van der Waals surface area contributed by atoms with Crippen molar-refractivity contribution in [1.29, 1.82) is 0 Å². The summed E-state index contributed by atoms with van der Waals surface area (Å²) in [5.41, 5.74) is 1.11. The first-order chi connectivity index (χ1) is 11.5. The molecule has 1 heterocycles. The molecule has 1 aromatic rings. The summed E-state index contributed by atoms with van der Waals surface area (Å²) in [5.74, 6) is 1.26. The first kappa shape index (κ1) is 18.9. The molecule has 2 rings (SSSR count). The monoisotopic (exact) mass is 354 g/mol. The van der Waals surface area contributed by atoms with Gasteiger partial charge in [-0.2, -0.15) is 0 Å². The number of piperidine rings is 1. The van der Waals surface area contributed by atoms with Gasteiger partial charge in [0.2, 0.25) is 5.91 Å². The molecular formula is C18H27ClN2O3. The van der Waals surface area contributed by atoms with Crippen LogP contribution in [0.3, 0.4) is 0 Å². The van der Waals surface area contributed by atoms with Gasteiger partial charge in [-0.25, -0.2) is 0 Å². The van der Waals surface area contributed by atoms with Crippen LogP contribution in [0.5, 0.6) is 11.5 Å². The highest BCUT2D eigenvalue weighted by Gasteiger charge is 2.23. The maximum atomic E-state index is 11.1. The van der Waals surface area contributed by atoms with Crippen molar-refractivity contribution < 1.29 is 14.3 Å². The fourth-order valence-electron chi connectivity index (χ4n) is 3.31. The number of hydrogen-bond acceptors (Lipinski definition) is 4. The number of halogens is 1. The number of likely N-dealkylation sites (tertiary alicyclic amines) is 1. The Bertz CT molecular complexity index is 565. The molecule has 0 aromatic heterocycles. The predicted molar refractivity (Wildman–Crippen MR) is 95.9 cm³/mol. The average Bonchev–Trinajstić information content (AvgIpc) is 2.55. The van der Waals surface area contributed by atoms with Gasteiger partial charge in [-0.05, 0) is 43.5 Å². The lowest BCUT2D eigenvalue weighted by Crippen LogP contribution is -2.41. The zero-order valence-corrected chi connectivity index (χ0v) is 15.5. The Balaban J connectivity index is 2.06. The summed E-state index contributed by atoms with van der Waals surface area (Å²) in [5, 5.41) is 3.46. The third-order valence-electron chi connectivity index (χ3n) is 4.48. The van der Waals surface area contributed by atoms with E-state index < -0.39 is 0 Å². The van der Waals surface area contributed by atoms with Crippen molar-refractivity contribution in [2.75, 3.05) is 27.3 Å². The summed E-state index contributed by atoms with van der Waals surface area (Å²) in [6.45, 7) is 4.18. The first-order valence-corrected chi connectivity index (χ1v) is 8.81. The molecule has 6 heteroatoms. The van der Waals surface area contributed by atoms with Crippen molar-refractivity contribution in [1.82, 2.24) is 10.2 Å². The maximum absolute atomic E-state index is 11.1. The van der Waals surface area contributed by atoms with Crippen molar-refractivity contribution >= 4 is 17.5 Å². The molecule has 134 valence electrons. The van der Waals surface area contributed by atoms with E-state index in [0.717, 1.165) is 31.6 Å². The molecule has 1 aromatic carbocycles. The zero-order valence-electron chi connectivity index (χ0n) is 14.7. The molecule has 24 heavy (non-hydrogen) atoms. The number of nitrogens with one attached hydrogen (secondary N) is 1. The molecule has 0 bridgehead atoms. The number of amides is 1. The summed E-state index contributed by atoms with van der Waals surface area (Å²) in [7, 11) is 3.21. The third kappa shape index (κ3) is 5.02. The SMILES string of the molecule is COc1cc(CN2CCCC[C@H]2CCNC(C)=O)cc(Cl)c1OC. The molecule has 5 nitrogen and oxygen atoms in total. The molecule has 1 aliphatic rings. The van der Waals surface area contributed by atoms with Gasteiger partial charge in [-0.15, -0.1) is 0 Å². The number of hydrogen-bond donors (Lipinski definition) is 1. The first-order valence-electron chi connectivity index (χ1n) is 8.44. The van der Waals surface area contributed by atoms with Gasteiger partial charge in [0, 0.05) is 26.1 Å². The predicted octanol–water partition coefficient (Wildman–Crippen LogP) is 3.24. The molecule has 0 unspecified atom stereocenters. The van der Waals surface area contributed by atoms with Crippen LogP contribution in [0.2, 0.25) is 5.02 Å². The minimum Gasteiger partial charge on any atom is -0.493 e. The van der Waals surface area contributed by atoms with E-state index in [0.29, 0.717) is 22.6 Å². The highest BCUT2D eigenvalue weighted by molar-refractivity contribution is 6.32. The number of ether oxygens (including phenoxy) is 2. The second-order valence-corrected chi connectivity index (χ2v) is 6.61. The molecule has 0 spiro atoms. The van der Waals surface area contributed by atoms with E-state index in [1.165, 1.54) is 19.3 Å². The Morgan fingerprint density at radius 1 is 1.33 bits per heavy atom. The van der Waals surface area contributed by atoms with Gasteiger partial charge in [-0.3, -0.25) is 9.69 Å². The van der Waals surface area contributed by atoms with Crippen molar-refractivity contribution in [3.63, 3.8) is 0 Å². The van der Waals surface area contributed by atoms with Crippen LogP contribution in [-0.4, -0.2) is 44.2 Å². The van der Waals surface area contributed by atoms with Crippen LogP contribution in [0.25, 0.3) is 0 Å². The van der Waals surface area contributed by atoms with Gasteiger partial charge >= 0.3 is 0 Å². The van der Waals surface area contributed by atoms with Crippen LogP contribution < -0.4 is 14.8 Å². The van der Waals surface area contributed by atoms with Gasteiger partial charge in [0.1, 0.15) is 0 Å². The van der Waals surface area contributed by atoms with Gasteiger partial charge in [0.25, 0.3) is 0 Å². The van der Waals surface area contributed by atoms with Gasteiger partial charge in [0.05, 0.1) is 19.2 Å². The lowest BCUT2D eigenvalue weighted by atomic mass is 9.98. The number of benzene rings is 1. The molecule has 1 aliphatic heterocycles. The summed E-state index contributed by atoms with van der Waals surface area (Å²) in [6, 6.07) is 4.42. The van der Waals surface area contributed by atoms with E-state index in [9.17, 15) is 4.79 Å². The molecule has 1 N–H and O–H groups in total. The van der Waals surface area contributed by atoms with Crippen LogP contribution in [0.1, 0.15) is 38.2 Å². The highest BCUT2D eigenvalue weighted by Crippen LogP contribution is 2.36. The summed E-state index contributed by atoms with van der Waals surface area (Å²) in [6.07, 6.45) is 4.59. The fourth-order valence-corrected chi connectivity index (χ4v) is 3.62. The standard InChI is InChI=1S/C18H27ClN2O3/c1-13(22)20-8-7-15-6-4-5-9-21(15)12-14-10-16(19)18(24-3)17(11-14)23-2/h10-11,15H,4-9,12H2,1-3H3,(H,20,22)/t15-/m0/s1. The average molecular weight is 355 g/mol. The summed E-state index contributed by atoms with van der Waals surface area (Å²) in [4.78, 5) is 13.5. The Labute approximate surface area is 149 Å². The Morgan fingerprint density at radius 2 is 2.12 bits per heavy atom. The Morgan fingerprint density at radius 3 is 2.79 bits per heavy atom. The third-order valence-corrected chi connectivity index (χ3v) is 4.76. The Kier molecular flexibility index (Phi) is 7.18. The minimum atomic E-state index is 0.0315. The highest BCUT2D eigenvalue weighted by atomic mass is 35.5.